The fraction of sp³-hybridized carbons (Fsp3) is 0.0476. The Labute approximate surface area is 279 Å². The zero-order valence-corrected chi connectivity index (χ0v) is 26.0. The lowest BCUT2D eigenvalue weighted by Crippen LogP contribution is -2.58. The summed E-state index contributed by atoms with van der Waals surface area (Å²) in [6.45, 7) is -0.208. The summed E-state index contributed by atoms with van der Waals surface area (Å²) in [5.74, 6) is 4.60. The molecule has 4 heterocycles. The fourth-order valence-electron chi connectivity index (χ4n) is 9.28. The molecule has 0 bridgehead atoms. The summed E-state index contributed by atoms with van der Waals surface area (Å²) < 4.78 is 44.0. The molecule has 0 amide bonds. The van der Waals surface area contributed by atoms with Gasteiger partial charge in [-0.15, -0.1) is 0 Å². The van der Waals surface area contributed by atoms with Crippen molar-refractivity contribution in [2.24, 2.45) is 0 Å². The van der Waals surface area contributed by atoms with E-state index in [1.54, 1.807) is 14.2 Å². The Kier molecular flexibility index (Phi) is 4.17. The maximum absolute atomic E-state index is 9.63. The van der Waals surface area contributed by atoms with Crippen LogP contribution in [0.2, 0.25) is 0 Å². The molecule has 4 aliphatic heterocycles. The van der Waals surface area contributed by atoms with E-state index in [0.29, 0.717) is 23.6 Å². The quantitative estimate of drug-likeness (QED) is 0.182. The van der Waals surface area contributed by atoms with Crippen molar-refractivity contribution >= 4 is 78.5 Å². The summed E-state index contributed by atoms with van der Waals surface area (Å²) in [7, 11) is 3.36. The summed E-state index contributed by atoms with van der Waals surface area (Å²) in [4.78, 5) is 0. The van der Waals surface area contributed by atoms with Gasteiger partial charge in [0, 0.05) is 12.1 Å². The number of benzene rings is 8. The molecule has 0 saturated carbocycles. The minimum atomic E-state index is -0.104. The SMILES string of the molecule is [2H]c1cc2c3c(cc4c([2H])cc5c6c(cc1c3c46)B1c3ccccc3Oc3cc(OC)cc-5c31)B1c3ccccc3Oc3cc(OC)cc-2c31. The van der Waals surface area contributed by atoms with Gasteiger partial charge in [0.15, 0.2) is 0 Å². The van der Waals surface area contributed by atoms with Gasteiger partial charge in [-0.2, -0.15) is 0 Å². The zero-order chi connectivity index (χ0) is 33.2. The molecule has 0 N–H and O–H groups in total. The lowest BCUT2D eigenvalue weighted by molar-refractivity contribution is 0.409. The number of hydrogen-bond donors (Lipinski definition) is 0. The second-order valence-electron chi connectivity index (χ2n) is 13.3. The molecule has 12 rings (SSSR count). The minimum Gasteiger partial charge on any atom is -0.497 e. The second kappa shape index (κ2) is 8.53. The predicted octanol–water partition coefficient (Wildman–Crippen LogP) is 5.81. The van der Waals surface area contributed by atoms with Crippen molar-refractivity contribution < 1.29 is 21.7 Å². The summed E-state index contributed by atoms with van der Waals surface area (Å²) in [6.07, 6.45) is 0. The van der Waals surface area contributed by atoms with Crippen molar-refractivity contribution in [3.63, 3.8) is 0 Å². The fourth-order valence-corrected chi connectivity index (χ4v) is 9.28. The Hall–Kier alpha value is -5.87. The van der Waals surface area contributed by atoms with Crippen molar-refractivity contribution in [2.45, 2.75) is 0 Å². The molecule has 0 unspecified atom stereocenters. The van der Waals surface area contributed by atoms with Crippen molar-refractivity contribution in [1.29, 1.82) is 0 Å². The highest BCUT2D eigenvalue weighted by Crippen LogP contribution is 2.47. The number of ether oxygens (including phenoxy) is 4. The normalized spacial score (nSPS) is 14.5. The summed E-state index contributed by atoms with van der Waals surface area (Å²) in [5.41, 5.74) is 10.7. The van der Waals surface area contributed by atoms with Crippen LogP contribution in [0.25, 0.3) is 54.6 Å². The molecule has 0 atom stereocenters. The molecule has 8 aromatic carbocycles. The van der Waals surface area contributed by atoms with Crippen molar-refractivity contribution in [2.75, 3.05) is 14.2 Å². The van der Waals surface area contributed by atoms with E-state index in [0.717, 1.165) is 110 Å². The summed E-state index contributed by atoms with van der Waals surface area (Å²) in [6, 6.07) is 34.1. The lowest BCUT2D eigenvalue weighted by atomic mass is 9.32. The maximum atomic E-state index is 9.63. The molecular weight excluding hydrogens is 590 g/mol. The van der Waals surface area contributed by atoms with Crippen molar-refractivity contribution in [1.82, 2.24) is 0 Å². The van der Waals surface area contributed by atoms with E-state index in [2.05, 4.69) is 48.5 Å². The smallest absolute Gasteiger partial charge is 0.252 e. The molecule has 48 heavy (non-hydrogen) atoms. The van der Waals surface area contributed by atoms with Gasteiger partial charge in [-0.3, -0.25) is 0 Å². The first kappa shape index (κ1) is 23.4. The van der Waals surface area contributed by atoms with Crippen LogP contribution in [-0.4, -0.2) is 27.6 Å². The Balaban J connectivity index is 1.30. The van der Waals surface area contributed by atoms with Gasteiger partial charge < -0.3 is 18.9 Å². The molecule has 8 aromatic rings. The van der Waals surface area contributed by atoms with Crippen LogP contribution in [0.1, 0.15) is 2.74 Å². The topological polar surface area (TPSA) is 36.9 Å². The molecular formula is C42H24B2O4. The third-order valence-corrected chi connectivity index (χ3v) is 11.1. The molecule has 0 aliphatic carbocycles. The molecule has 6 heteroatoms. The number of rotatable bonds is 2. The number of para-hydroxylation sites is 2. The number of fused-ring (bicyclic) bond motifs is 8. The van der Waals surface area contributed by atoms with E-state index in [1.807, 2.05) is 48.5 Å². The van der Waals surface area contributed by atoms with Crippen LogP contribution in [0.3, 0.4) is 0 Å². The molecule has 0 fully saturated rings. The van der Waals surface area contributed by atoms with Gasteiger partial charge >= 0.3 is 0 Å². The van der Waals surface area contributed by atoms with E-state index in [4.69, 9.17) is 18.9 Å². The van der Waals surface area contributed by atoms with Gasteiger partial charge in [0.1, 0.15) is 34.5 Å². The van der Waals surface area contributed by atoms with Crippen LogP contribution in [0.4, 0.5) is 0 Å². The van der Waals surface area contributed by atoms with Crippen LogP contribution < -0.4 is 51.7 Å². The Morgan fingerprint density at radius 1 is 0.479 bits per heavy atom. The van der Waals surface area contributed by atoms with E-state index < -0.39 is 0 Å². The van der Waals surface area contributed by atoms with Gasteiger partial charge in [-0.05, 0) is 101 Å². The van der Waals surface area contributed by atoms with E-state index in [1.165, 1.54) is 0 Å². The van der Waals surface area contributed by atoms with E-state index >= 15 is 0 Å². The molecule has 222 valence electrons. The number of hydrogen-bond acceptors (Lipinski definition) is 4. The average Bonchev–Trinajstić information content (AvgIpc) is 3.14. The third kappa shape index (κ3) is 2.88. The summed E-state index contributed by atoms with van der Waals surface area (Å²) in [5, 5.41) is 6.13. The molecule has 0 radical (unpaired) electrons. The standard InChI is InChI=1S/C42H24B2O4/c1-45-23-17-27-25-13-11-21-16-32-40-26(28-18-24(46-2)20-36-42(28)44(32)30-8-4-6-10-34(30)48-36)14-12-22-15-31(39(25)37(21)38(22)40)43-29-7-3-5-9-33(29)47-35(19-23)41(27)43/h3-20H,1-2H3/i11D,12D. The van der Waals surface area contributed by atoms with Crippen LogP contribution in [0.15, 0.2) is 109 Å². The highest BCUT2D eigenvalue weighted by molar-refractivity contribution is 7.01. The van der Waals surface area contributed by atoms with Gasteiger partial charge in [0.25, 0.3) is 13.4 Å². The van der Waals surface area contributed by atoms with Crippen molar-refractivity contribution in [3.05, 3.63) is 109 Å². The third-order valence-electron chi connectivity index (χ3n) is 11.1. The number of methoxy groups -OCH3 is 2. The van der Waals surface area contributed by atoms with Gasteiger partial charge in [0.2, 0.25) is 0 Å². The largest absolute Gasteiger partial charge is 0.497 e. The highest BCUT2D eigenvalue weighted by atomic mass is 16.5. The molecule has 4 nitrogen and oxygen atoms in total. The molecule has 0 saturated heterocycles. The van der Waals surface area contributed by atoms with Gasteiger partial charge in [0.05, 0.1) is 17.0 Å². The average molecular weight is 616 g/mol. The Morgan fingerprint density at radius 3 is 1.40 bits per heavy atom. The molecule has 0 spiro atoms. The van der Waals surface area contributed by atoms with Crippen LogP contribution in [0.5, 0.6) is 34.5 Å². The zero-order valence-electron chi connectivity index (χ0n) is 28.0. The first-order chi connectivity index (χ1) is 24.5. The van der Waals surface area contributed by atoms with E-state index in [-0.39, 0.29) is 13.4 Å². The van der Waals surface area contributed by atoms with Gasteiger partial charge in [-0.25, -0.2) is 0 Å². The summed E-state index contributed by atoms with van der Waals surface area (Å²) >= 11 is 0. The Morgan fingerprint density at radius 2 is 0.938 bits per heavy atom. The first-order valence-corrected chi connectivity index (χ1v) is 16.3. The first-order valence-electron chi connectivity index (χ1n) is 17.3. The maximum Gasteiger partial charge on any atom is 0.252 e. The second-order valence-corrected chi connectivity index (χ2v) is 13.3. The van der Waals surface area contributed by atoms with Crippen LogP contribution in [-0.2, 0) is 0 Å². The van der Waals surface area contributed by atoms with Crippen LogP contribution in [0, 0.1) is 0 Å². The molecule has 0 aromatic heterocycles. The van der Waals surface area contributed by atoms with Crippen molar-refractivity contribution in [3.8, 4) is 56.8 Å². The highest BCUT2D eigenvalue weighted by Gasteiger charge is 2.43. The van der Waals surface area contributed by atoms with E-state index in [9.17, 15) is 2.74 Å². The monoisotopic (exact) mass is 616 g/mol. The van der Waals surface area contributed by atoms with Gasteiger partial charge in [-0.1, -0.05) is 83.7 Å². The lowest BCUT2D eigenvalue weighted by Gasteiger charge is -2.36. The minimum absolute atomic E-state index is 0.104. The molecule has 4 aliphatic rings. The predicted molar refractivity (Wildman–Crippen MR) is 196 cm³/mol. The Bertz CT molecular complexity index is 2710. The van der Waals surface area contributed by atoms with Crippen LogP contribution >= 0.6 is 0 Å².